The molecule has 2 rings (SSSR count). The van der Waals surface area contributed by atoms with Gasteiger partial charge in [-0.15, -0.1) is 0 Å². The summed E-state index contributed by atoms with van der Waals surface area (Å²) < 4.78 is 5.15. The minimum absolute atomic E-state index is 0.180. The molecule has 0 aliphatic carbocycles. The SMILES string of the molecule is COc1ccc(NC(=S)N[C@H](c2ccccc2)C(C)C)cc1. The first-order valence-electron chi connectivity index (χ1n) is 7.36. The van der Waals surface area contributed by atoms with Crippen LogP contribution in [0.15, 0.2) is 54.6 Å². The minimum atomic E-state index is 0.180. The summed E-state index contributed by atoms with van der Waals surface area (Å²) in [6.45, 7) is 4.36. The van der Waals surface area contributed by atoms with E-state index in [1.165, 1.54) is 5.56 Å². The Morgan fingerprint density at radius 2 is 1.64 bits per heavy atom. The smallest absolute Gasteiger partial charge is 0.171 e. The van der Waals surface area contributed by atoms with Crippen molar-refractivity contribution in [2.75, 3.05) is 12.4 Å². The lowest BCUT2D eigenvalue weighted by atomic mass is 9.96. The molecule has 0 amide bonds. The van der Waals surface area contributed by atoms with Crippen molar-refractivity contribution in [2.45, 2.75) is 19.9 Å². The molecule has 0 saturated heterocycles. The highest BCUT2D eigenvalue weighted by atomic mass is 32.1. The number of thiocarbonyl (C=S) groups is 1. The maximum absolute atomic E-state index is 5.44. The molecular weight excluding hydrogens is 292 g/mol. The van der Waals surface area contributed by atoms with Crippen LogP contribution in [0.3, 0.4) is 0 Å². The largest absolute Gasteiger partial charge is 0.497 e. The standard InChI is InChI=1S/C18H22N2OS/c1-13(2)17(14-7-5-4-6-8-14)20-18(22)19-15-9-11-16(21-3)12-10-15/h4-13,17H,1-3H3,(H2,19,20,22)/t17-/m0/s1. The molecule has 2 aromatic rings. The van der Waals surface area contributed by atoms with Crippen LogP contribution in [0.2, 0.25) is 0 Å². The van der Waals surface area contributed by atoms with Crippen LogP contribution in [0.5, 0.6) is 5.75 Å². The van der Waals surface area contributed by atoms with Gasteiger partial charge in [0.1, 0.15) is 5.75 Å². The molecule has 0 spiro atoms. The second kappa shape index (κ2) is 7.80. The fourth-order valence-electron chi connectivity index (χ4n) is 2.28. The molecule has 0 bridgehead atoms. The van der Waals surface area contributed by atoms with Gasteiger partial charge in [0.25, 0.3) is 0 Å². The van der Waals surface area contributed by atoms with E-state index < -0.39 is 0 Å². The zero-order chi connectivity index (χ0) is 15.9. The average Bonchev–Trinajstić information content (AvgIpc) is 2.54. The van der Waals surface area contributed by atoms with Crippen LogP contribution in [-0.4, -0.2) is 12.2 Å². The Labute approximate surface area is 137 Å². The zero-order valence-corrected chi connectivity index (χ0v) is 14.0. The number of ether oxygens (including phenoxy) is 1. The summed E-state index contributed by atoms with van der Waals surface area (Å²) in [5.74, 6) is 1.26. The predicted molar refractivity (Wildman–Crippen MR) is 96.4 cm³/mol. The van der Waals surface area contributed by atoms with Gasteiger partial charge < -0.3 is 15.4 Å². The topological polar surface area (TPSA) is 33.3 Å². The highest BCUT2D eigenvalue weighted by Crippen LogP contribution is 2.22. The normalized spacial score (nSPS) is 11.8. The summed E-state index contributed by atoms with van der Waals surface area (Å²) in [5, 5.41) is 7.23. The molecule has 0 fully saturated rings. The van der Waals surface area contributed by atoms with Gasteiger partial charge in [-0.2, -0.15) is 0 Å². The lowest BCUT2D eigenvalue weighted by Crippen LogP contribution is -2.34. The molecule has 22 heavy (non-hydrogen) atoms. The van der Waals surface area contributed by atoms with Crippen LogP contribution >= 0.6 is 12.2 Å². The van der Waals surface area contributed by atoms with Crippen molar-refractivity contribution in [3.63, 3.8) is 0 Å². The van der Waals surface area contributed by atoms with Gasteiger partial charge in [-0.3, -0.25) is 0 Å². The Bertz CT molecular complexity index is 596. The van der Waals surface area contributed by atoms with Crippen molar-refractivity contribution in [3.8, 4) is 5.75 Å². The number of anilines is 1. The molecule has 2 aromatic carbocycles. The first kappa shape index (κ1) is 16.3. The summed E-state index contributed by atoms with van der Waals surface area (Å²) in [6, 6.07) is 18.2. The third-order valence-electron chi connectivity index (χ3n) is 3.46. The van der Waals surface area contributed by atoms with Gasteiger partial charge >= 0.3 is 0 Å². The van der Waals surface area contributed by atoms with Crippen molar-refractivity contribution >= 4 is 23.0 Å². The third kappa shape index (κ3) is 4.46. The molecule has 0 aliphatic heterocycles. The van der Waals surface area contributed by atoms with E-state index in [4.69, 9.17) is 17.0 Å². The molecule has 116 valence electrons. The van der Waals surface area contributed by atoms with E-state index in [0.717, 1.165) is 11.4 Å². The highest BCUT2D eigenvalue weighted by molar-refractivity contribution is 7.80. The molecule has 3 nitrogen and oxygen atoms in total. The third-order valence-corrected chi connectivity index (χ3v) is 3.68. The summed E-state index contributed by atoms with van der Waals surface area (Å²) in [7, 11) is 1.65. The fourth-order valence-corrected chi connectivity index (χ4v) is 2.52. The average molecular weight is 314 g/mol. The van der Waals surface area contributed by atoms with E-state index in [9.17, 15) is 0 Å². The van der Waals surface area contributed by atoms with Crippen molar-refractivity contribution in [1.29, 1.82) is 0 Å². The second-order valence-electron chi connectivity index (χ2n) is 5.46. The molecule has 0 radical (unpaired) electrons. The zero-order valence-electron chi connectivity index (χ0n) is 13.2. The molecule has 0 aromatic heterocycles. The van der Waals surface area contributed by atoms with Crippen LogP contribution in [0.1, 0.15) is 25.5 Å². The highest BCUT2D eigenvalue weighted by Gasteiger charge is 2.16. The van der Waals surface area contributed by atoms with E-state index in [2.05, 4.69) is 36.6 Å². The van der Waals surface area contributed by atoms with Crippen LogP contribution < -0.4 is 15.4 Å². The fraction of sp³-hybridized carbons (Fsp3) is 0.278. The van der Waals surface area contributed by atoms with E-state index in [1.807, 2.05) is 42.5 Å². The summed E-state index contributed by atoms with van der Waals surface area (Å²) in [6.07, 6.45) is 0. The molecule has 2 N–H and O–H groups in total. The maximum Gasteiger partial charge on any atom is 0.171 e. The van der Waals surface area contributed by atoms with Gasteiger partial charge in [0, 0.05) is 5.69 Å². The van der Waals surface area contributed by atoms with E-state index >= 15 is 0 Å². The van der Waals surface area contributed by atoms with Crippen LogP contribution in [0.25, 0.3) is 0 Å². The van der Waals surface area contributed by atoms with Crippen LogP contribution in [0.4, 0.5) is 5.69 Å². The molecule has 1 atom stereocenters. The Hall–Kier alpha value is -2.07. The van der Waals surface area contributed by atoms with Gasteiger partial charge in [-0.05, 0) is 48.0 Å². The Kier molecular flexibility index (Phi) is 5.78. The van der Waals surface area contributed by atoms with Gasteiger partial charge in [0.05, 0.1) is 13.2 Å². The number of methoxy groups -OCH3 is 1. The molecule has 4 heteroatoms. The molecular formula is C18H22N2OS. The minimum Gasteiger partial charge on any atom is -0.497 e. The lowest BCUT2D eigenvalue weighted by molar-refractivity contribution is 0.415. The van der Waals surface area contributed by atoms with Gasteiger partial charge in [0.15, 0.2) is 5.11 Å². The van der Waals surface area contributed by atoms with E-state index in [0.29, 0.717) is 11.0 Å². The van der Waals surface area contributed by atoms with Crippen molar-refractivity contribution < 1.29 is 4.74 Å². The first-order chi connectivity index (χ1) is 10.6. The number of rotatable bonds is 5. The van der Waals surface area contributed by atoms with Crippen LogP contribution in [0, 0.1) is 5.92 Å². The van der Waals surface area contributed by atoms with Crippen molar-refractivity contribution in [3.05, 3.63) is 60.2 Å². The Morgan fingerprint density at radius 3 is 2.18 bits per heavy atom. The summed E-state index contributed by atoms with van der Waals surface area (Å²) in [5.41, 5.74) is 2.17. The number of hydrogen-bond acceptors (Lipinski definition) is 2. The van der Waals surface area contributed by atoms with Gasteiger partial charge in [-0.1, -0.05) is 44.2 Å². The van der Waals surface area contributed by atoms with Crippen molar-refractivity contribution in [1.82, 2.24) is 5.32 Å². The van der Waals surface area contributed by atoms with E-state index in [1.54, 1.807) is 7.11 Å². The number of hydrogen-bond donors (Lipinski definition) is 2. The van der Waals surface area contributed by atoms with Gasteiger partial charge in [0.2, 0.25) is 0 Å². The molecule has 0 aliphatic rings. The Morgan fingerprint density at radius 1 is 1.00 bits per heavy atom. The quantitative estimate of drug-likeness (QED) is 0.803. The lowest BCUT2D eigenvalue weighted by Gasteiger charge is -2.24. The number of nitrogens with one attached hydrogen (secondary N) is 2. The molecule has 0 heterocycles. The van der Waals surface area contributed by atoms with Crippen LogP contribution in [-0.2, 0) is 0 Å². The molecule has 0 saturated carbocycles. The number of benzene rings is 2. The summed E-state index contributed by atoms with van der Waals surface area (Å²) in [4.78, 5) is 0. The van der Waals surface area contributed by atoms with Gasteiger partial charge in [-0.25, -0.2) is 0 Å². The second-order valence-corrected chi connectivity index (χ2v) is 5.87. The Balaban J connectivity index is 2.02. The predicted octanol–water partition coefficient (Wildman–Crippen LogP) is 4.38. The first-order valence-corrected chi connectivity index (χ1v) is 7.77. The monoisotopic (exact) mass is 314 g/mol. The summed E-state index contributed by atoms with van der Waals surface area (Å²) >= 11 is 5.44. The maximum atomic E-state index is 5.44. The van der Waals surface area contributed by atoms with E-state index in [-0.39, 0.29) is 6.04 Å². The van der Waals surface area contributed by atoms with Crippen molar-refractivity contribution in [2.24, 2.45) is 5.92 Å². The molecule has 0 unspecified atom stereocenters.